The molecule has 11 heteroatoms. The maximum atomic E-state index is 12.7. The first-order chi connectivity index (χ1) is 14.4. The molecule has 0 bridgehead atoms. The van der Waals surface area contributed by atoms with Crippen LogP contribution in [-0.4, -0.2) is 43.9 Å². The molecule has 1 aromatic carbocycles. The highest BCUT2D eigenvalue weighted by molar-refractivity contribution is 6.42. The molecule has 4 N–H and O–H groups in total. The van der Waals surface area contributed by atoms with E-state index in [1.807, 2.05) is 6.07 Å². The van der Waals surface area contributed by atoms with Crippen LogP contribution in [-0.2, 0) is 17.9 Å². The normalized spacial score (nSPS) is 15.9. The van der Waals surface area contributed by atoms with Gasteiger partial charge in [0.05, 0.1) is 28.2 Å². The van der Waals surface area contributed by atoms with Crippen LogP contribution in [0.3, 0.4) is 0 Å². The monoisotopic (exact) mass is 450 g/mol. The van der Waals surface area contributed by atoms with E-state index in [1.54, 1.807) is 12.1 Å². The van der Waals surface area contributed by atoms with Crippen molar-refractivity contribution < 1.29 is 9.90 Å². The summed E-state index contributed by atoms with van der Waals surface area (Å²) in [4.78, 5) is 31.8. The van der Waals surface area contributed by atoms with Gasteiger partial charge >= 0.3 is 5.97 Å². The van der Waals surface area contributed by atoms with Crippen molar-refractivity contribution in [2.75, 3.05) is 18.4 Å². The molecule has 9 nitrogen and oxygen atoms in total. The average molecular weight is 451 g/mol. The molecule has 0 saturated carbocycles. The first kappa shape index (κ1) is 20.6. The Balaban J connectivity index is 1.57. The number of aromatic amines is 1. The Labute approximate surface area is 181 Å². The van der Waals surface area contributed by atoms with E-state index in [1.165, 1.54) is 10.9 Å². The van der Waals surface area contributed by atoms with E-state index in [0.717, 1.165) is 5.56 Å². The Bertz CT molecular complexity index is 1150. The van der Waals surface area contributed by atoms with E-state index >= 15 is 0 Å². The molecule has 30 heavy (non-hydrogen) atoms. The standard InChI is InChI=1S/C19H20Cl2N6O3/c20-12-2-1-11(7-13(12)21)8-23-18-25-14-9-24-27(15(14)16(28)26-18)10-19(17(29)30)3-5-22-6-4-19/h1-2,7,9,22H,3-6,8,10H2,(H,29,30)(H2,23,25,26,28). The molecule has 0 spiro atoms. The number of piperidine rings is 1. The van der Waals surface area contributed by atoms with Gasteiger partial charge in [0.1, 0.15) is 5.52 Å². The first-order valence-corrected chi connectivity index (χ1v) is 10.2. The molecule has 1 aliphatic heterocycles. The number of rotatable bonds is 6. The summed E-state index contributed by atoms with van der Waals surface area (Å²) in [7, 11) is 0. The molecule has 0 radical (unpaired) electrons. The molecule has 1 fully saturated rings. The van der Waals surface area contributed by atoms with Gasteiger partial charge in [-0.25, -0.2) is 4.98 Å². The summed E-state index contributed by atoms with van der Waals surface area (Å²) in [6.45, 7) is 1.73. The van der Waals surface area contributed by atoms with E-state index in [4.69, 9.17) is 23.2 Å². The largest absolute Gasteiger partial charge is 0.481 e. The van der Waals surface area contributed by atoms with Gasteiger partial charge in [0.2, 0.25) is 5.95 Å². The van der Waals surface area contributed by atoms with Gasteiger partial charge in [-0.05, 0) is 43.6 Å². The number of hydrogen-bond donors (Lipinski definition) is 4. The van der Waals surface area contributed by atoms with Crippen molar-refractivity contribution in [1.29, 1.82) is 0 Å². The fourth-order valence-electron chi connectivity index (χ4n) is 3.68. The van der Waals surface area contributed by atoms with Crippen molar-refractivity contribution in [3.05, 3.63) is 50.4 Å². The molecule has 4 rings (SSSR count). The number of halogens is 2. The predicted octanol–water partition coefficient (Wildman–Crippen LogP) is 2.49. The van der Waals surface area contributed by atoms with Crippen LogP contribution in [0.1, 0.15) is 18.4 Å². The van der Waals surface area contributed by atoms with Crippen molar-refractivity contribution in [2.45, 2.75) is 25.9 Å². The zero-order valence-corrected chi connectivity index (χ0v) is 17.4. The summed E-state index contributed by atoms with van der Waals surface area (Å²) in [5.41, 5.74) is 0.182. The number of hydrogen-bond acceptors (Lipinski definition) is 6. The first-order valence-electron chi connectivity index (χ1n) is 9.46. The number of carbonyl (C=O) groups is 1. The average Bonchev–Trinajstić information content (AvgIpc) is 3.12. The number of carboxylic acids is 1. The van der Waals surface area contributed by atoms with E-state index in [-0.39, 0.29) is 23.6 Å². The van der Waals surface area contributed by atoms with Crippen molar-refractivity contribution in [3.8, 4) is 0 Å². The molecular formula is C19H20Cl2N6O3. The van der Waals surface area contributed by atoms with Crippen molar-refractivity contribution in [1.82, 2.24) is 25.1 Å². The second-order valence-corrected chi connectivity index (χ2v) is 8.20. The molecule has 0 amide bonds. The Morgan fingerprint density at radius 3 is 2.73 bits per heavy atom. The van der Waals surface area contributed by atoms with Gasteiger partial charge in [0.25, 0.3) is 5.56 Å². The molecule has 2 aromatic heterocycles. The number of H-pyrrole nitrogens is 1. The van der Waals surface area contributed by atoms with Gasteiger partial charge in [-0.2, -0.15) is 5.10 Å². The zero-order chi connectivity index (χ0) is 21.3. The Morgan fingerprint density at radius 1 is 1.27 bits per heavy atom. The summed E-state index contributed by atoms with van der Waals surface area (Å²) in [5.74, 6) is -0.593. The summed E-state index contributed by atoms with van der Waals surface area (Å²) in [5, 5.41) is 21.2. The summed E-state index contributed by atoms with van der Waals surface area (Å²) in [6, 6.07) is 5.25. The van der Waals surface area contributed by atoms with Gasteiger partial charge in [0, 0.05) is 6.54 Å². The Hall–Kier alpha value is -2.62. The highest BCUT2D eigenvalue weighted by Crippen LogP contribution is 2.32. The van der Waals surface area contributed by atoms with E-state index in [0.29, 0.717) is 48.0 Å². The quantitative estimate of drug-likeness (QED) is 0.454. The zero-order valence-electron chi connectivity index (χ0n) is 15.9. The van der Waals surface area contributed by atoms with Crippen LogP contribution >= 0.6 is 23.2 Å². The number of nitrogens with zero attached hydrogens (tertiary/aromatic N) is 3. The lowest BCUT2D eigenvalue weighted by Crippen LogP contribution is -2.45. The number of carboxylic acid groups (broad SMARTS) is 1. The Kier molecular flexibility index (Phi) is 5.68. The highest BCUT2D eigenvalue weighted by Gasteiger charge is 2.40. The number of benzene rings is 1. The van der Waals surface area contributed by atoms with Crippen LogP contribution in [0.2, 0.25) is 10.0 Å². The fourth-order valence-corrected chi connectivity index (χ4v) is 4.00. The third kappa shape index (κ3) is 4.00. The smallest absolute Gasteiger partial charge is 0.311 e. The fraction of sp³-hybridized carbons (Fsp3) is 0.368. The van der Waals surface area contributed by atoms with Gasteiger partial charge < -0.3 is 15.7 Å². The number of fused-ring (bicyclic) bond motifs is 1. The minimum Gasteiger partial charge on any atom is -0.481 e. The molecule has 158 valence electrons. The summed E-state index contributed by atoms with van der Waals surface area (Å²) in [6.07, 6.45) is 2.42. The number of aliphatic carboxylic acids is 1. The predicted molar refractivity (Wildman–Crippen MR) is 114 cm³/mol. The van der Waals surface area contributed by atoms with E-state index in [9.17, 15) is 14.7 Å². The van der Waals surface area contributed by atoms with E-state index < -0.39 is 11.4 Å². The van der Waals surface area contributed by atoms with Gasteiger partial charge in [-0.3, -0.25) is 19.3 Å². The number of anilines is 1. The van der Waals surface area contributed by atoms with Crippen molar-refractivity contribution >= 4 is 46.2 Å². The lowest BCUT2D eigenvalue weighted by atomic mass is 9.79. The molecule has 0 unspecified atom stereocenters. The van der Waals surface area contributed by atoms with Crippen LogP contribution in [0, 0.1) is 5.41 Å². The van der Waals surface area contributed by atoms with Crippen LogP contribution in [0.15, 0.2) is 29.2 Å². The highest BCUT2D eigenvalue weighted by atomic mass is 35.5. The maximum Gasteiger partial charge on any atom is 0.311 e. The third-order valence-electron chi connectivity index (χ3n) is 5.41. The molecular weight excluding hydrogens is 431 g/mol. The topological polar surface area (TPSA) is 125 Å². The maximum absolute atomic E-state index is 12.7. The lowest BCUT2D eigenvalue weighted by Gasteiger charge is -2.33. The number of nitrogens with one attached hydrogen (secondary N) is 3. The summed E-state index contributed by atoms with van der Waals surface area (Å²) >= 11 is 11.9. The van der Waals surface area contributed by atoms with Crippen LogP contribution in [0.25, 0.3) is 11.0 Å². The van der Waals surface area contributed by atoms with Gasteiger partial charge in [0.15, 0.2) is 5.52 Å². The SMILES string of the molecule is O=C(O)C1(Cn2ncc3nc(NCc4ccc(Cl)c(Cl)c4)[nH]c(=O)c32)CCNCC1. The van der Waals surface area contributed by atoms with Gasteiger partial charge in [-0.15, -0.1) is 0 Å². The van der Waals surface area contributed by atoms with Crippen molar-refractivity contribution in [3.63, 3.8) is 0 Å². The Morgan fingerprint density at radius 2 is 2.03 bits per heavy atom. The molecule has 0 atom stereocenters. The molecule has 3 heterocycles. The van der Waals surface area contributed by atoms with Crippen LogP contribution in [0.5, 0.6) is 0 Å². The minimum atomic E-state index is -0.957. The molecule has 1 aliphatic rings. The minimum absolute atomic E-state index is 0.119. The second-order valence-electron chi connectivity index (χ2n) is 7.39. The second kappa shape index (κ2) is 8.25. The molecule has 3 aromatic rings. The molecule has 0 aliphatic carbocycles. The molecule has 1 saturated heterocycles. The van der Waals surface area contributed by atoms with Crippen molar-refractivity contribution in [2.24, 2.45) is 5.41 Å². The van der Waals surface area contributed by atoms with Crippen LogP contribution in [0.4, 0.5) is 5.95 Å². The summed E-state index contributed by atoms with van der Waals surface area (Å²) < 4.78 is 1.45. The van der Waals surface area contributed by atoms with Gasteiger partial charge in [-0.1, -0.05) is 29.3 Å². The third-order valence-corrected chi connectivity index (χ3v) is 6.15. The lowest BCUT2D eigenvalue weighted by molar-refractivity contribution is -0.151. The number of aromatic nitrogens is 4. The van der Waals surface area contributed by atoms with Crippen LogP contribution < -0.4 is 16.2 Å². The van der Waals surface area contributed by atoms with E-state index in [2.05, 4.69) is 25.7 Å².